The number of nitrogens with two attached hydrogens (primary N) is 1. The van der Waals surface area contributed by atoms with Crippen LogP contribution in [-0.4, -0.2) is 25.8 Å². The molecular weight excluding hydrogens is 300 g/mol. The van der Waals surface area contributed by atoms with Crippen LogP contribution in [0.25, 0.3) is 0 Å². The zero-order valence-corrected chi connectivity index (χ0v) is 14.0. The number of nitrogen functional groups attached to an aromatic ring is 1. The second kappa shape index (κ2) is 6.02. The van der Waals surface area contributed by atoms with Gasteiger partial charge in [-0.15, -0.1) is 0 Å². The molecule has 0 aliphatic carbocycles. The fraction of sp³-hybridized carbons (Fsp3) is 0.400. The van der Waals surface area contributed by atoms with E-state index in [1.807, 2.05) is 24.3 Å². The average molecular weight is 324 g/mol. The summed E-state index contributed by atoms with van der Waals surface area (Å²) in [6, 6.07) is 14.4. The maximum absolute atomic E-state index is 6.53. The molecule has 3 N–H and O–H groups in total. The summed E-state index contributed by atoms with van der Waals surface area (Å²) < 4.78 is 11.9. The molecule has 1 saturated heterocycles. The SMILES string of the molecule is COc1ccc2c(c1)OC1(CCNCC1)CC2c1cccc(N)c1. The van der Waals surface area contributed by atoms with Crippen molar-refractivity contribution in [2.75, 3.05) is 25.9 Å². The Bertz CT molecular complexity index is 738. The molecule has 0 bridgehead atoms. The number of piperidine rings is 1. The highest BCUT2D eigenvalue weighted by Gasteiger charge is 2.42. The van der Waals surface area contributed by atoms with Gasteiger partial charge in [-0.3, -0.25) is 0 Å². The molecule has 2 aliphatic heterocycles. The third kappa shape index (κ3) is 2.71. The first kappa shape index (κ1) is 15.3. The van der Waals surface area contributed by atoms with Gasteiger partial charge in [-0.2, -0.15) is 0 Å². The number of hydrogen-bond acceptors (Lipinski definition) is 4. The van der Waals surface area contributed by atoms with E-state index in [4.69, 9.17) is 15.2 Å². The van der Waals surface area contributed by atoms with Crippen LogP contribution in [0.1, 0.15) is 36.3 Å². The molecule has 4 nitrogen and oxygen atoms in total. The van der Waals surface area contributed by atoms with Crippen LogP contribution in [0.5, 0.6) is 11.5 Å². The van der Waals surface area contributed by atoms with E-state index in [2.05, 4.69) is 23.5 Å². The Kier molecular flexibility index (Phi) is 3.85. The highest BCUT2D eigenvalue weighted by Crippen LogP contribution is 2.48. The largest absolute Gasteiger partial charge is 0.497 e. The van der Waals surface area contributed by atoms with E-state index < -0.39 is 0 Å². The maximum atomic E-state index is 6.53. The van der Waals surface area contributed by atoms with Crippen LogP contribution in [-0.2, 0) is 0 Å². The van der Waals surface area contributed by atoms with E-state index in [0.717, 1.165) is 49.5 Å². The first-order valence-corrected chi connectivity index (χ1v) is 8.62. The number of anilines is 1. The van der Waals surface area contributed by atoms with E-state index in [1.54, 1.807) is 7.11 Å². The zero-order valence-electron chi connectivity index (χ0n) is 14.0. The normalized spacial score (nSPS) is 21.8. The predicted octanol–water partition coefficient (Wildman–Crippen LogP) is 3.31. The molecule has 2 aromatic carbocycles. The van der Waals surface area contributed by atoms with Crippen LogP contribution in [0.3, 0.4) is 0 Å². The van der Waals surface area contributed by atoms with E-state index in [9.17, 15) is 0 Å². The second-order valence-electron chi connectivity index (χ2n) is 6.87. The van der Waals surface area contributed by atoms with E-state index in [0.29, 0.717) is 5.92 Å². The number of rotatable bonds is 2. The molecule has 4 rings (SSSR count). The summed E-state index contributed by atoms with van der Waals surface area (Å²) in [4.78, 5) is 0. The van der Waals surface area contributed by atoms with Crippen molar-refractivity contribution in [3.63, 3.8) is 0 Å². The lowest BCUT2D eigenvalue weighted by atomic mass is 9.75. The van der Waals surface area contributed by atoms with Crippen molar-refractivity contribution in [1.82, 2.24) is 5.32 Å². The summed E-state index contributed by atoms with van der Waals surface area (Å²) in [5.41, 5.74) is 9.25. The first-order valence-electron chi connectivity index (χ1n) is 8.62. The first-order chi connectivity index (χ1) is 11.7. The molecule has 0 radical (unpaired) electrons. The van der Waals surface area contributed by atoms with E-state index in [-0.39, 0.29) is 5.60 Å². The highest BCUT2D eigenvalue weighted by atomic mass is 16.5. The molecule has 2 heterocycles. The molecule has 1 spiro atoms. The van der Waals surface area contributed by atoms with Crippen molar-refractivity contribution < 1.29 is 9.47 Å². The lowest BCUT2D eigenvalue weighted by Gasteiger charge is -2.45. The van der Waals surface area contributed by atoms with Crippen molar-refractivity contribution in [2.24, 2.45) is 0 Å². The van der Waals surface area contributed by atoms with Gasteiger partial charge in [0.05, 0.1) is 7.11 Å². The minimum atomic E-state index is -0.0973. The topological polar surface area (TPSA) is 56.5 Å². The Morgan fingerprint density at radius 1 is 1.17 bits per heavy atom. The van der Waals surface area contributed by atoms with Crippen LogP contribution in [0, 0.1) is 0 Å². The smallest absolute Gasteiger partial charge is 0.127 e. The Morgan fingerprint density at radius 2 is 2.00 bits per heavy atom. The van der Waals surface area contributed by atoms with Gasteiger partial charge in [0.1, 0.15) is 17.1 Å². The standard InChI is InChI=1S/C20H24N2O2/c1-23-16-5-6-17-18(14-3-2-4-15(21)11-14)13-20(24-19(17)12-16)7-9-22-10-8-20/h2-6,11-12,18,22H,7-10,13,21H2,1H3. The van der Waals surface area contributed by atoms with Gasteiger partial charge >= 0.3 is 0 Å². The molecule has 126 valence electrons. The third-order valence-corrected chi connectivity index (χ3v) is 5.33. The van der Waals surface area contributed by atoms with Gasteiger partial charge in [0, 0.05) is 23.2 Å². The molecule has 1 atom stereocenters. The Morgan fingerprint density at radius 3 is 2.75 bits per heavy atom. The molecule has 24 heavy (non-hydrogen) atoms. The van der Waals surface area contributed by atoms with E-state index >= 15 is 0 Å². The maximum Gasteiger partial charge on any atom is 0.127 e. The molecule has 1 unspecified atom stereocenters. The summed E-state index contributed by atoms with van der Waals surface area (Å²) in [6.45, 7) is 2.01. The Labute approximate surface area is 143 Å². The number of ether oxygens (including phenoxy) is 2. The zero-order chi connectivity index (χ0) is 16.6. The van der Waals surface area contributed by atoms with Gasteiger partial charge in [0.25, 0.3) is 0 Å². The van der Waals surface area contributed by atoms with Crippen LogP contribution in [0.15, 0.2) is 42.5 Å². The molecule has 4 heteroatoms. The molecular formula is C20H24N2O2. The molecule has 2 aliphatic rings. The van der Waals surface area contributed by atoms with Crippen LogP contribution in [0.4, 0.5) is 5.69 Å². The summed E-state index contributed by atoms with van der Waals surface area (Å²) in [5.74, 6) is 2.10. The number of hydrogen-bond donors (Lipinski definition) is 2. The summed E-state index contributed by atoms with van der Waals surface area (Å²) in [6.07, 6.45) is 3.06. The number of benzene rings is 2. The molecule has 2 aromatic rings. The molecule has 0 amide bonds. The van der Waals surface area contributed by atoms with Gasteiger partial charge in [0.2, 0.25) is 0 Å². The molecule has 0 saturated carbocycles. The monoisotopic (exact) mass is 324 g/mol. The van der Waals surface area contributed by atoms with Gasteiger partial charge in [-0.1, -0.05) is 18.2 Å². The van der Waals surface area contributed by atoms with Crippen molar-refractivity contribution >= 4 is 5.69 Å². The minimum Gasteiger partial charge on any atom is -0.497 e. The van der Waals surface area contributed by atoms with Crippen LogP contribution >= 0.6 is 0 Å². The second-order valence-corrected chi connectivity index (χ2v) is 6.87. The van der Waals surface area contributed by atoms with Crippen molar-refractivity contribution in [2.45, 2.75) is 30.8 Å². The Balaban J connectivity index is 1.80. The quantitative estimate of drug-likeness (QED) is 0.832. The van der Waals surface area contributed by atoms with E-state index in [1.165, 1.54) is 11.1 Å². The van der Waals surface area contributed by atoms with Gasteiger partial charge in [-0.25, -0.2) is 0 Å². The lowest BCUT2D eigenvalue weighted by Crippen LogP contribution is -2.49. The average Bonchev–Trinajstić information content (AvgIpc) is 2.61. The van der Waals surface area contributed by atoms with Gasteiger partial charge < -0.3 is 20.5 Å². The highest BCUT2D eigenvalue weighted by molar-refractivity contribution is 5.51. The molecule has 0 aromatic heterocycles. The predicted molar refractivity (Wildman–Crippen MR) is 95.8 cm³/mol. The third-order valence-electron chi connectivity index (χ3n) is 5.33. The van der Waals surface area contributed by atoms with Crippen molar-refractivity contribution in [3.05, 3.63) is 53.6 Å². The van der Waals surface area contributed by atoms with Crippen molar-refractivity contribution in [3.8, 4) is 11.5 Å². The Hall–Kier alpha value is -2.20. The summed E-state index contributed by atoms with van der Waals surface area (Å²) in [7, 11) is 1.69. The summed E-state index contributed by atoms with van der Waals surface area (Å²) in [5, 5.41) is 3.44. The minimum absolute atomic E-state index is 0.0973. The number of fused-ring (bicyclic) bond motifs is 1. The van der Waals surface area contributed by atoms with Gasteiger partial charge in [0.15, 0.2) is 0 Å². The van der Waals surface area contributed by atoms with Crippen LogP contribution < -0.4 is 20.5 Å². The van der Waals surface area contributed by atoms with Crippen LogP contribution in [0.2, 0.25) is 0 Å². The van der Waals surface area contributed by atoms with Gasteiger partial charge in [-0.05, 0) is 56.1 Å². The van der Waals surface area contributed by atoms with Crippen molar-refractivity contribution in [1.29, 1.82) is 0 Å². The fourth-order valence-electron chi connectivity index (χ4n) is 4.04. The number of methoxy groups -OCH3 is 1. The lowest BCUT2D eigenvalue weighted by molar-refractivity contribution is 0.0112. The number of nitrogens with one attached hydrogen (secondary N) is 1. The molecule has 1 fully saturated rings. The fourth-order valence-corrected chi connectivity index (χ4v) is 4.04. The summed E-state index contributed by atoms with van der Waals surface area (Å²) >= 11 is 0.